The third-order valence-electron chi connectivity index (χ3n) is 6.78. The number of nitrogens with one attached hydrogen (secondary N) is 1. The van der Waals surface area contributed by atoms with Crippen LogP contribution in [-0.4, -0.2) is 16.1 Å². The standard InChI is InChI=1S/C28H26N4O4S/c1-28(2)13-20-22(16-36-28)37-26-24(20)25(29)31(14-18-9-6-12-35-18)27(34)32(26)15-23(33)30-21-11-5-8-17-7-3-4-10-19(17)21/h3-12,29H,13-16H2,1-2H3,(H,30,33)/p+1. The average molecular weight is 516 g/mol. The molecule has 0 aliphatic carbocycles. The van der Waals surface area contributed by atoms with E-state index in [-0.39, 0.29) is 30.3 Å². The molecule has 0 saturated heterocycles. The summed E-state index contributed by atoms with van der Waals surface area (Å²) in [4.78, 5) is 28.8. The van der Waals surface area contributed by atoms with Crippen molar-refractivity contribution in [2.45, 2.75) is 45.6 Å². The van der Waals surface area contributed by atoms with Gasteiger partial charge in [0.05, 0.1) is 18.5 Å². The van der Waals surface area contributed by atoms with E-state index in [2.05, 4.69) is 5.32 Å². The van der Waals surface area contributed by atoms with Crippen molar-refractivity contribution in [1.29, 1.82) is 0 Å². The van der Waals surface area contributed by atoms with Crippen LogP contribution in [0.5, 0.6) is 0 Å². The third-order valence-corrected chi connectivity index (χ3v) is 8.01. The first-order valence-corrected chi connectivity index (χ1v) is 12.9. The molecule has 0 bridgehead atoms. The highest BCUT2D eigenvalue weighted by molar-refractivity contribution is 7.18. The second-order valence-electron chi connectivity index (χ2n) is 9.90. The first-order chi connectivity index (χ1) is 17.8. The number of aromatic nitrogens is 2. The molecule has 37 heavy (non-hydrogen) atoms. The van der Waals surface area contributed by atoms with E-state index in [1.165, 1.54) is 20.5 Å². The van der Waals surface area contributed by atoms with Gasteiger partial charge < -0.3 is 20.2 Å². The van der Waals surface area contributed by atoms with Crippen LogP contribution in [0.4, 0.5) is 11.5 Å². The second-order valence-corrected chi connectivity index (χ2v) is 11.0. The molecule has 6 rings (SSSR count). The number of ether oxygens (including phenoxy) is 1. The number of carbonyl (C=O) groups excluding carboxylic acids is 1. The van der Waals surface area contributed by atoms with Crippen molar-refractivity contribution in [2.75, 3.05) is 11.1 Å². The minimum absolute atomic E-state index is 0.152. The van der Waals surface area contributed by atoms with Crippen LogP contribution in [0, 0.1) is 0 Å². The molecule has 0 radical (unpaired) electrons. The number of nitrogen functional groups attached to an aromatic ring is 1. The Balaban J connectivity index is 1.46. The van der Waals surface area contributed by atoms with E-state index >= 15 is 0 Å². The van der Waals surface area contributed by atoms with Gasteiger partial charge in [-0.05, 0) is 43.0 Å². The van der Waals surface area contributed by atoms with E-state index in [1.807, 2.05) is 56.3 Å². The van der Waals surface area contributed by atoms with Crippen molar-refractivity contribution in [1.82, 2.24) is 4.57 Å². The summed E-state index contributed by atoms with van der Waals surface area (Å²) in [6.45, 7) is 4.54. The molecule has 8 nitrogen and oxygen atoms in total. The van der Waals surface area contributed by atoms with Crippen LogP contribution in [-0.2, 0) is 35.6 Å². The fourth-order valence-corrected chi connectivity index (χ4v) is 6.21. The summed E-state index contributed by atoms with van der Waals surface area (Å²) in [6.07, 6.45) is 2.22. The van der Waals surface area contributed by atoms with Crippen molar-refractivity contribution < 1.29 is 18.5 Å². The molecule has 0 unspecified atom stereocenters. The van der Waals surface area contributed by atoms with Gasteiger partial charge >= 0.3 is 5.69 Å². The Kier molecular flexibility index (Phi) is 5.62. The van der Waals surface area contributed by atoms with Crippen LogP contribution < -0.4 is 21.3 Å². The summed E-state index contributed by atoms with van der Waals surface area (Å²) >= 11 is 1.46. The van der Waals surface area contributed by atoms with Gasteiger partial charge in [0, 0.05) is 22.4 Å². The molecule has 0 fully saturated rings. The maximum atomic E-state index is 13.8. The minimum atomic E-state index is -0.367. The Bertz CT molecular complexity index is 1710. The number of nitrogens with two attached hydrogens (primary N) is 1. The normalized spacial score (nSPS) is 14.6. The zero-order valence-electron chi connectivity index (χ0n) is 20.6. The first kappa shape index (κ1) is 23.4. The van der Waals surface area contributed by atoms with Gasteiger partial charge in [-0.3, -0.25) is 4.79 Å². The van der Waals surface area contributed by atoms with E-state index in [1.54, 1.807) is 18.4 Å². The van der Waals surface area contributed by atoms with Crippen LogP contribution in [0.2, 0.25) is 0 Å². The molecule has 0 saturated carbocycles. The average Bonchev–Trinajstić information content (AvgIpc) is 3.52. The number of thiophene rings is 1. The Hall–Kier alpha value is -3.95. The molecule has 1 aliphatic rings. The Morgan fingerprint density at radius 2 is 1.97 bits per heavy atom. The SMILES string of the molecule is CC1(C)Cc2c(sc3c2c(N)n(Cc2ccco2)c(=O)[n+]3CC(=O)Nc2cccc3ccccc23)CO1. The summed E-state index contributed by atoms with van der Waals surface area (Å²) in [5, 5.41) is 5.77. The molecule has 9 heteroatoms. The number of fused-ring (bicyclic) bond motifs is 4. The zero-order chi connectivity index (χ0) is 25.7. The number of furan rings is 1. The fourth-order valence-electron chi connectivity index (χ4n) is 4.98. The van der Waals surface area contributed by atoms with E-state index in [9.17, 15) is 9.59 Å². The number of nitrogens with zero attached hydrogens (tertiary/aromatic N) is 2. The summed E-state index contributed by atoms with van der Waals surface area (Å²) in [5.74, 6) is 0.682. The molecule has 0 spiro atoms. The van der Waals surface area contributed by atoms with Crippen LogP contribution in [0.25, 0.3) is 21.0 Å². The zero-order valence-corrected chi connectivity index (χ0v) is 21.4. The van der Waals surface area contributed by atoms with Crippen molar-refractivity contribution in [3.8, 4) is 0 Å². The summed E-state index contributed by atoms with van der Waals surface area (Å²) < 4.78 is 14.5. The molecule has 188 valence electrons. The van der Waals surface area contributed by atoms with Crippen molar-refractivity contribution >= 4 is 49.7 Å². The largest absolute Gasteiger partial charge is 0.501 e. The lowest BCUT2D eigenvalue weighted by Gasteiger charge is -2.29. The minimum Gasteiger partial charge on any atom is -0.465 e. The number of benzene rings is 2. The smallest absolute Gasteiger partial charge is 0.465 e. The van der Waals surface area contributed by atoms with Gasteiger partial charge in [-0.2, -0.15) is 13.9 Å². The number of amides is 1. The molecule has 3 N–H and O–H groups in total. The van der Waals surface area contributed by atoms with Crippen LogP contribution in [0.3, 0.4) is 0 Å². The maximum Gasteiger partial charge on any atom is 0.501 e. The number of hydrogen-bond donors (Lipinski definition) is 2. The number of anilines is 2. The highest BCUT2D eigenvalue weighted by atomic mass is 32.1. The van der Waals surface area contributed by atoms with E-state index in [4.69, 9.17) is 14.9 Å². The molecule has 5 aromatic rings. The second kappa shape index (κ2) is 8.86. The molecule has 1 aliphatic heterocycles. The number of rotatable bonds is 5. The molecule has 4 heterocycles. The van der Waals surface area contributed by atoms with Gasteiger partial charge in [0.15, 0.2) is 17.9 Å². The van der Waals surface area contributed by atoms with E-state index in [0.717, 1.165) is 26.6 Å². The van der Waals surface area contributed by atoms with Crippen LogP contribution in [0.15, 0.2) is 70.1 Å². The monoisotopic (exact) mass is 515 g/mol. The highest BCUT2D eigenvalue weighted by Crippen LogP contribution is 2.39. The predicted octanol–water partition coefficient (Wildman–Crippen LogP) is 4.22. The van der Waals surface area contributed by atoms with Gasteiger partial charge in [0.2, 0.25) is 5.82 Å². The van der Waals surface area contributed by atoms with Crippen molar-refractivity contribution in [3.05, 3.63) is 87.5 Å². The van der Waals surface area contributed by atoms with E-state index < -0.39 is 0 Å². The van der Waals surface area contributed by atoms with Crippen molar-refractivity contribution in [3.63, 3.8) is 0 Å². The quantitative estimate of drug-likeness (QED) is 0.341. The Morgan fingerprint density at radius 1 is 1.16 bits per heavy atom. The first-order valence-electron chi connectivity index (χ1n) is 12.1. The van der Waals surface area contributed by atoms with Gasteiger partial charge in [-0.1, -0.05) is 47.7 Å². The molecule has 3 aromatic heterocycles. The van der Waals surface area contributed by atoms with Crippen LogP contribution >= 0.6 is 11.3 Å². The lowest BCUT2D eigenvalue weighted by Crippen LogP contribution is -2.57. The van der Waals surface area contributed by atoms with Gasteiger partial charge in [-0.25, -0.2) is 0 Å². The predicted molar refractivity (Wildman–Crippen MR) is 144 cm³/mol. The molecular weight excluding hydrogens is 488 g/mol. The van der Waals surface area contributed by atoms with Crippen LogP contribution in [0.1, 0.15) is 30.0 Å². The number of hydrogen-bond acceptors (Lipinski definition) is 6. The van der Waals surface area contributed by atoms with Gasteiger partial charge in [-0.15, -0.1) is 0 Å². The Labute approximate surface area is 216 Å². The van der Waals surface area contributed by atoms with E-state index in [0.29, 0.717) is 35.1 Å². The fraction of sp³-hybridized carbons (Fsp3) is 0.250. The molecule has 0 atom stereocenters. The summed E-state index contributed by atoms with van der Waals surface area (Å²) in [6, 6.07) is 17.2. The Morgan fingerprint density at radius 3 is 2.78 bits per heavy atom. The molecular formula is C28H27N4O4S+. The number of carbonyl (C=O) groups is 1. The highest BCUT2D eigenvalue weighted by Gasteiger charge is 2.35. The topological polar surface area (TPSA) is 103 Å². The van der Waals surface area contributed by atoms with Crippen molar-refractivity contribution in [2.24, 2.45) is 0 Å². The third kappa shape index (κ3) is 4.20. The lowest BCUT2D eigenvalue weighted by molar-refractivity contribution is -0.675. The summed E-state index contributed by atoms with van der Waals surface area (Å²) in [5.41, 5.74) is 7.70. The van der Waals surface area contributed by atoms with Gasteiger partial charge in [0.1, 0.15) is 11.1 Å². The molecule has 2 aromatic carbocycles. The lowest BCUT2D eigenvalue weighted by atomic mass is 9.94. The van der Waals surface area contributed by atoms with Gasteiger partial charge in [0.25, 0.3) is 5.91 Å². The summed E-state index contributed by atoms with van der Waals surface area (Å²) in [7, 11) is 0. The molecule has 1 amide bonds. The maximum absolute atomic E-state index is 13.8.